The molecule has 0 atom stereocenters. The van der Waals surface area contributed by atoms with E-state index in [2.05, 4.69) is 20.3 Å². The molecule has 7 heteroatoms. The van der Waals surface area contributed by atoms with E-state index in [1.165, 1.54) is 0 Å². The first-order chi connectivity index (χ1) is 11.8. The fourth-order valence-corrected chi connectivity index (χ4v) is 2.17. The van der Waals surface area contributed by atoms with Crippen molar-refractivity contribution in [3.63, 3.8) is 0 Å². The maximum atomic E-state index is 11.9. The molecule has 7 nitrogen and oxygen atoms in total. The van der Waals surface area contributed by atoms with Crippen LogP contribution >= 0.6 is 0 Å². The number of nitrogens with zero attached hydrogens (tertiary/aromatic N) is 4. The summed E-state index contributed by atoms with van der Waals surface area (Å²) in [5, 5.41) is 3.15. The highest BCUT2D eigenvalue weighted by Crippen LogP contribution is 2.14. The van der Waals surface area contributed by atoms with Gasteiger partial charge in [-0.05, 0) is 30.7 Å². The molecule has 0 aliphatic heterocycles. The maximum Gasteiger partial charge on any atom is 0.341 e. The highest BCUT2D eigenvalue weighted by Gasteiger charge is 2.12. The van der Waals surface area contributed by atoms with Crippen LogP contribution in [0.15, 0.2) is 55.4 Å². The summed E-state index contributed by atoms with van der Waals surface area (Å²) in [4.78, 5) is 24.5. The fraction of sp³-hybridized carbons (Fsp3) is 0.176. The standard InChI is InChI=1S/C17H17N5O2/c1-2-24-17(23)14-4-3-7-19-16(14)21-11-13-5-6-15(20-10-13)22-9-8-18-12-22/h3-10,12H,2,11H2,1H3,(H,19,21). The van der Waals surface area contributed by atoms with Crippen molar-refractivity contribution in [2.75, 3.05) is 11.9 Å². The van der Waals surface area contributed by atoms with Gasteiger partial charge in [-0.3, -0.25) is 4.57 Å². The lowest BCUT2D eigenvalue weighted by atomic mass is 10.2. The molecule has 0 saturated carbocycles. The summed E-state index contributed by atoms with van der Waals surface area (Å²) in [6.07, 6.45) is 8.63. The molecule has 0 radical (unpaired) electrons. The van der Waals surface area contributed by atoms with E-state index < -0.39 is 0 Å². The van der Waals surface area contributed by atoms with Gasteiger partial charge in [0.15, 0.2) is 0 Å². The molecule has 0 aliphatic rings. The van der Waals surface area contributed by atoms with Crippen LogP contribution in [-0.4, -0.2) is 32.1 Å². The van der Waals surface area contributed by atoms with Crippen LogP contribution in [0.25, 0.3) is 5.82 Å². The molecule has 122 valence electrons. The van der Waals surface area contributed by atoms with E-state index in [0.717, 1.165) is 11.4 Å². The van der Waals surface area contributed by atoms with Crippen LogP contribution in [0.1, 0.15) is 22.8 Å². The summed E-state index contributed by atoms with van der Waals surface area (Å²) in [6, 6.07) is 7.26. The van der Waals surface area contributed by atoms with Gasteiger partial charge < -0.3 is 10.1 Å². The van der Waals surface area contributed by atoms with Crippen molar-refractivity contribution in [2.24, 2.45) is 0 Å². The largest absolute Gasteiger partial charge is 0.462 e. The number of hydrogen-bond donors (Lipinski definition) is 1. The van der Waals surface area contributed by atoms with Gasteiger partial charge in [0.1, 0.15) is 23.5 Å². The van der Waals surface area contributed by atoms with Gasteiger partial charge in [-0.15, -0.1) is 0 Å². The minimum absolute atomic E-state index is 0.326. The van der Waals surface area contributed by atoms with E-state index in [0.29, 0.717) is 24.5 Å². The number of aromatic nitrogens is 4. The number of hydrogen-bond acceptors (Lipinski definition) is 6. The normalized spacial score (nSPS) is 10.4. The molecule has 0 amide bonds. The number of pyridine rings is 2. The zero-order valence-electron chi connectivity index (χ0n) is 13.2. The Hall–Kier alpha value is -3.22. The molecule has 0 aromatic carbocycles. The number of carbonyl (C=O) groups excluding carboxylic acids is 1. The molecular weight excluding hydrogens is 306 g/mol. The summed E-state index contributed by atoms with van der Waals surface area (Å²) < 4.78 is 6.87. The molecule has 0 bridgehead atoms. The minimum atomic E-state index is -0.387. The molecule has 0 saturated heterocycles. The van der Waals surface area contributed by atoms with E-state index in [9.17, 15) is 4.79 Å². The van der Waals surface area contributed by atoms with Crippen LogP contribution in [0.4, 0.5) is 5.82 Å². The molecule has 0 unspecified atom stereocenters. The van der Waals surface area contributed by atoms with Crippen LogP contribution in [-0.2, 0) is 11.3 Å². The predicted octanol–water partition coefficient (Wildman–Crippen LogP) is 2.45. The summed E-state index contributed by atoms with van der Waals surface area (Å²) in [5.74, 6) is 0.901. The highest BCUT2D eigenvalue weighted by molar-refractivity contribution is 5.94. The Morgan fingerprint density at radius 1 is 1.25 bits per heavy atom. The molecule has 0 fully saturated rings. The van der Waals surface area contributed by atoms with Gasteiger partial charge in [-0.2, -0.15) is 0 Å². The molecule has 3 rings (SSSR count). The van der Waals surface area contributed by atoms with Crippen LogP contribution in [0.2, 0.25) is 0 Å². The second-order valence-electron chi connectivity index (χ2n) is 4.97. The van der Waals surface area contributed by atoms with Gasteiger partial charge in [0.25, 0.3) is 0 Å². The van der Waals surface area contributed by atoms with Crippen LogP contribution in [0, 0.1) is 0 Å². The maximum absolute atomic E-state index is 11.9. The summed E-state index contributed by atoms with van der Waals surface area (Å²) in [6.45, 7) is 2.60. The van der Waals surface area contributed by atoms with Gasteiger partial charge in [0, 0.05) is 31.3 Å². The lowest BCUT2D eigenvalue weighted by molar-refractivity contribution is 0.0527. The second-order valence-corrected chi connectivity index (χ2v) is 4.97. The third-order valence-corrected chi connectivity index (χ3v) is 3.34. The number of ether oxygens (including phenoxy) is 1. The fourth-order valence-electron chi connectivity index (χ4n) is 2.17. The first-order valence-electron chi connectivity index (χ1n) is 7.57. The van der Waals surface area contributed by atoms with E-state index in [4.69, 9.17) is 4.74 Å². The molecule has 3 heterocycles. The lowest BCUT2D eigenvalue weighted by Crippen LogP contribution is -2.11. The molecule has 1 N–H and O–H groups in total. The average molecular weight is 323 g/mol. The van der Waals surface area contributed by atoms with Gasteiger partial charge in [-0.1, -0.05) is 6.07 Å². The Morgan fingerprint density at radius 3 is 2.88 bits per heavy atom. The average Bonchev–Trinajstić information content (AvgIpc) is 3.15. The van der Waals surface area contributed by atoms with Crippen molar-refractivity contribution in [1.29, 1.82) is 0 Å². The van der Waals surface area contributed by atoms with E-state index in [1.807, 2.05) is 22.9 Å². The Kier molecular flexibility index (Phi) is 4.81. The Balaban J connectivity index is 1.69. The predicted molar refractivity (Wildman–Crippen MR) is 88.9 cm³/mol. The number of nitrogens with one attached hydrogen (secondary N) is 1. The molecular formula is C17H17N5O2. The van der Waals surface area contributed by atoms with Crippen LogP contribution < -0.4 is 5.32 Å². The van der Waals surface area contributed by atoms with Gasteiger partial charge >= 0.3 is 5.97 Å². The zero-order valence-corrected chi connectivity index (χ0v) is 13.2. The van der Waals surface area contributed by atoms with Crippen LogP contribution in [0.3, 0.4) is 0 Å². The Labute approximate surface area is 139 Å². The topological polar surface area (TPSA) is 81.9 Å². The van der Waals surface area contributed by atoms with E-state index >= 15 is 0 Å². The smallest absolute Gasteiger partial charge is 0.341 e. The molecule has 3 aromatic heterocycles. The number of carbonyl (C=O) groups is 1. The van der Waals surface area contributed by atoms with Crippen molar-refractivity contribution in [3.8, 4) is 5.82 Å². The summed E-state index contributed by atoms with van der Waals surface area (Å²) in [7, 11) is 0. The van der Waals surface area contributed by atoms with E-state index in [-0.39, 0.29) is 5.97 Å². The third-order valence-electron chi connectivity index (χ3n) is 3.34. The molecule has 24 heavy (non-hydrogen) atoms. The molecule has 3 aromatic rings. The van der Waals surface area contributed by atoms with Gasteiger partial charge in [0.2, 0.25) is 0 Å². The number of esters is 1. The summed E-state index contributed by atoms with van der Waals surface area (Å²) >= 11 is 0. The number of rotatable bonds is 6. The van der Waals surface area contributed by atoms with E-state index in [1.54, 1.807) is 44.0 Å². The Bertz CT molecular complexity index is 800. The van der Waals surface area contributed by atoms with Crippen molar-refractivity contribution in [3.05, 3.63) is 66.5 Å². The number of anilines is 1. The lowest BCUT2D eigenvalue weighted by Gasteiger charge is -2.10. The number of imidazole rings is 1. The first-order valence-corrected chi connectivity index (χ1v) is 7.57. The quantitative estimate of drug-likeness (QED) is 0.702. The van der Waals surface area contributed by atoms with Crippen LogP contribution in [0.5, 0.6) is 0 Å². The molecule has 0 aliphatic carbocycles. The summed E-state index contributed by atoms with van der Waals surface area (Å²) in [5.41, 5.74) is 1.39. The minimum Gasteiger partial charge on any atom is -0.462 e. The zero-order chi connectivity index (χ0) is 16.8. The highest BCUT2D eigenvalue weighted by atomic mass is 16.5. The second kappa shape index (κ2) is 7.36. The molecule has 0 spiro atoms. The van der Waals surface area contributed by atoms with Crippen molar-refractivity contribution in [1.82, 2.24) is 19.5 Å². The third kappa shape index (κ3) is 3.57. The van der Waals surface area contributed by atoms with Crippen molar-refractivity contribution >= 4 is 11.8 Å². The first kappa shape index (κ1) is 15.7. The van der Waals surface area contributed by atoms with Gasteiger partial charge in [-0.25, -0.2) is 19.7 Å². The monoisotopic (exact) mass is 323 g/mol. The van der Waals surface area contributed by atoms with Crippen molar-refractivity contribution in [2.45, 2.75) is 13.5 Å². The Morgan fingerprint density at radius 2 is 2.17 bits per heavy atom. The SMILES string of the molecule is CCOC(=O)c1cccnc1NCc1ccc(-n2ccnc2)nc1. The van der Waals surface area contributed by atoms with Crippen molar-refractivity contribution < 1.29 is 9.53 Å². The van der Waals surface area contributed by atoms with Gasteiger partial charge in [0.05, 0.1) is 6.61 Å².